The maximum absolute atomic E-state index is 11.0. The SMILES string of the molecule is COc1ccc(CCN(C)C(=O)C#N)cc1. The molecule has 1 aromatic rings. The lowest BCUT2D eigenvalue weighted by atomic mass is 10.1. The van der Waals surface area contributed by atoms with Crippen LogP contribution in [-0.4, -0.2) is 31.5 Å². The lowest BCUT2D eigenvalue weighted by molar-refractivity contribution is -0.124. The molecule has 1 rings (SSSR count). The topological polar surface area (TPSA) is 53.3 Å². The van der Waals surface area contributed by atoms with Crippen LogP contribution in [0.4, 0.5) is 0 Å². The van der Waals surface area contributed by atoms with E-state index < -0.39 is 5.91 Å². The maximum atomic E-state index is 11.0. The van der Waals surface area contributed by atoms with E-state index in [0.717, 1.165) is 17.7 Å². The monoisotopic (exact) mass is 218 g/mol. The van der Waals surface area contributed by atoms with Crippen molar-refractivity contribution >= 4 is 5.91 Å². The van der Waals surface area contributed by atoms with Crippen molar-refractivity contribution in [2.24, 2.45) is 0 Å². The molecule has 4 heteroatoms. The fraction of sp³-hybridized carbons (Fsp3) is 0.333. The highest BCUT2D eigenvalue weighted by Gasteiger charge is 2.06. The van der Waals surface area contributed by atoms with E-state index in [0.29, 0.717) is 6.54 Å². The molecule has 84 valence electrons. The summed E-state index contributed by atoms with van der Waals surface area (Å²) in [6.07, 6.45) is 0.730. The van der Waals surface area contributed by atoms with Crippen LogP contribution in [0.3, 0.4) is 0 Å². The lowest BCUT2D eigenvalue weighted by Gasteiger charge is -2.12. The molecule has 0 spiro atoms. The van der Waals surface area contributed by atoms with E-state index in [1.807, 2.05) is 24.3 Å². The van der Waals surface area contributed by atoms with E-state index in [1.165, 1.54) is 4.90 Å². The Labute approximate surface area is 95.0 Å². The first-order chi connectivity index (χ1) is 7.67. The Morgan fingerprint density at radius 3 is 2.56 bits per heavy atom. The molecular weight excluding hydrogens is 204 g/mol. The quantitative estimate of drug-likeness (QED) is 0.714. The Bertz CT molecular complexity index is 392. The summed E-state index contributed by atoms with van der Waals surface area (Å²) in [6, 6.07) is 9.23. The third-order valence-corrected chi connectivity index (χ3v) is 2.34. The van der Waals surface area contributed by atoms with Gasteiger partial charge in [-0.3, -0.25) is 4.79 Å². The fourth-order valence-corrected chi connectivity index (χ4v) is 1.28. The second-order valence-corrected chi connectivity index (χ2v) is 3.44. The van der Waals surface area contributed by atoms with Crippen LogP contribution >= 0.6 is 0 Å². The zero-order chi connectivity index (χ0) is 12.0. The smallest absolute Gasteiger partial charge is 0.324 e. The lowest BCUT2D eigenvalue weighted by Crippen LogP contribution is -2.27. The predicted octanol–water partition coefficient (Wildman–Crippen LogP) is 1.22. The number of likely N-dealkylation sites (N-methyl/N-ethyl adjacent to an activating group) is 1. The van der Waals surface area contributed by atoms with Crippen molar-refractivity contribution in [3.05, 3.63) is 29.8 Å². The zero-order valence-electron chi connectivity index (χ0n) is 9.43. The summed E-state index contributed by atoms with van der Waals surface area (Å²) < 4.78 is 5.04. The minimum Gasteiger partial charge on any atom is -0.497 e. The van der Waals surface area contributed by atoms with E-state index in [2.05, 4.69) is 0 Å². The van der Waals surface area contributed by atoms with Crippen molar-refractivity contribution in [2.45, 2.75) is 6.42 Å². The highest BCUT2D eigenvalue weighted by molar-refractivity contribution is 5.90. The molecule has 0 fully saturated rings. The Balaban J connectivity index is 2.49. The van der Waals surface area contributed by atoms with Crippen LogP contribution in [0.2, 0.25) is 0 Å². The summed E-state index contributed by atoms with van der Waals surface area (Å²) >= 11 is 0. The molecule has 0 unspecified atom stereocenters. The molecule has 4 nitrogen and oxygen atoms in total. The molecule has 0 aliphatic rings. The Morgan fingerprint density at radius 1 is 1.44 bits per heavy atom. The molecule has 0 atom stereocenters. The molecular formula is C12H14N2O2. The van der Waals surface area contributed by atoms with E-state index in [1.54, 1.807) is 20.2 Å². The first kappa shape index (κ1) is 12.1. The minimum atomic E-state index is -0.506. The summed E-state index contributed by atoms with van der Waals surface area (Å²) in [6.45, 7) is 0.540. The number of nitrogens with zero attached hydrogens (tertiary/aromatic N) is 2. The van der Waals surface area contributed by atoms with E-state index in [9.17, 15) is 4.79 Å². The van der Waals surface area contributed by atoms with Crippen molar-refractivity contribution < 1.29 is 9.53 Å². The predicted molar refractivity (Wildman–Crippen MR) is 59.9 cm³/mol. The average Bonchev–Trinajstić information content (AvgIpc) is 2.35. The van der Waals surface area contributed by atoms with Crippen LogP contribution in [0.5, 0.6) is 5.75 Å². The van der Waals surface area contributed by atoms with Crippen molar-refractivity contribution in [1.82, 2.24) is 4.90 Å². The number of benzene rings is 1. The van der Waals surface area contributed by atoms with Gasteiger partial charge in [0.1, 0.15) is 5.75 Å². The van der Waals surface area contributed by atoms with Gasteiger partial charge in [-0.25, -0.2) is 0 Å². The average molecular weight is 218 g/mol. The molecule has 0 saturated heterocycles. The summed E-state index contributed by atoms with van der Waals surface area (Å²) in [5.74, 6) is 0.304. The van der Waals surface area contributed by atoms with Crippen molar-refractivity contribution in [3.8, 4) is 11.8 Å². The Morgan fingerprint density at radius 2 is 2.06 bits per heavy atom. The standard InChI is InChI=1S/C12H14N2O2/c1-14(12(15)9-13)8-7-10-3-5-11(16-2)6-4-10/h3-6H,7-8H2,1-2H3. The van der Waals surface area contributed by atoms with Gasteiger partial charge in [-0.15, -0.1) is 0 Å². The Hall–Kier alpha value is -2.02. The van der Waals surface area contributed by atoms with Crippen LogP contribution in [0, 0.1) is 11.3 Å². The maximum Gasteiger partial charge on any atom is 0.324 e. The van der Waals surface area contributed by atoms with E-state index >= 15 is 0 Å². The number of nitriles is 1. The van der Waals surface area contributed by atoms with Gasteiger partial charge in [0.25, 0.3) is 0 Å². The number of carbonyl (C=O) groups excluding carboxylic acids is 1. The molecule has 1 aromatic carbocycles. The highest BCUT2D eigenvalue weighted by Crippen LogP contribution is 2.11. The van der Waals surface area contributed by atoms with Gasteiger partial charge in [0, 0.05) is 13.6 Å². The number of carbonyl (C=O) groups is 1. The number of methoxy groups -OCH3 is 1. The normalized spacial score (nSPS) is 9.31. The molecule has 0 aliphatic heterocycles. The first-order valence-electron chi connectivity index (χ1n) is 4.95. The molecule has 0 aromatic heterocycles. The molecule has 0 N–H and O–H groups in total. The van der Waals surface area contributed by atoms with Crippen molar-refractivity contribution in [2.75, 3.05) is 20.7 Å². The molecule has 0 saturated carbocycles. The molecule has 0 radical (unpaired) electrons. The van der Waals surface area contributed by atoms with Gasteiger partial charge in [-0.05, 0) is 24.1 Å². The third kappa shape index (κ3) is 3.28. The van der Waals surface area contributed by atoms with E-state index in [-0.39, 0.29) is 0 Å². The number of ether oxygens (including phenoxy) is 1. The third-order valence-electron chi connectivity index (χ3n) is 2.34. The van der Waals surface area contributed by atoms with Crippen LogP contribution in [0.1, 0.15) is 5.56 Å². The second kappa shape index (κ2) is 5.76. The number of amides is 1. The molecule has 0 heterocycles. The second-order valence-electron chi connectivity index (χ2n) is 3.44. The van der Waals surface area contributed by atoms with Gasteiger partial charge in [0.15, 0.2) is 6.07 Å². The molecule has 1 amide bonds. The first-order valence-corrected chi connectivity index (χ1v) is 4.95. The van der Waals surface area contributed by atoms with Gasteiger partial charge in [-0.2, -0.15) is 5.26 Å². The fourth-order valence-electron chi connectivity index (χ4n) is 1.28. The summed E-state index contributed by atoms with van der Waals surface area (Å²) in [7, 11) is 3.24. The summed E-state index contributed by atoms with van der Waals surface area (Å²) in [5.41, 5.74) is 1.11. The van der Waals surface area contributed by atoms with Crippen LogP contribution in [-0.2, 0) is 11.2 Å². The number of hydrogen-bond donors (Lipinski definition) is 0. The number of rotatable bonds is 4. The molecule has 0 aliphatic carbocycles. The van der Waals surface area contributed by atoms with Gasteiger partial charge in [-0.1, -0.05) is 12.1 Å². The van der Waals surface area contributed by atoms with Crippen LogP contribution in [0.15, 0.2) is 24.3 Å². The minimum absolute atomic E-state index is 0.506. The molecule has 16 heavy (non-hydrogen) atoms. The van der Waals surface area contributed by atoms with Crippen molar-refractivity contribution in [3.63, 3.8) is 0 Å². The van der Waals surface area contributed by atoms with Crippen LogP contribution in [0.25, 0.3) is 0 Å². The van der Waals surface area contributed by atoms with Gasteiger partial charge in [0.05, 0.1) is 7.11 Å². The molecule has 0 bridgehead atoms. The highest BCUT2D eigenvalue weighted by atomic mass is 16.5. The van der Waals surface area contributed by atoms with Crippen LogP contribution < -0.4 is 4.74 Å². The largest absolute Gasteiger partial charge is 0.497 e. The summed E-state index contributed by atoms with van der Waals surface area (Å²) in [4.78, 5) is 12.4. The van der Waals surface area contributed by atoms with Gasteiger partial charge >= 0.3 is 5.91 Å². The van der Waals surface area contributed by atoms with Crippen molar-refractivity contribution in [1.29, 1.82) is 5.26 Å². The zero-order valence-corrected chi connectivity index (χ0v) is 9.43. The van der Waals surface area contributed by atoms with Gasteiger partial charge < -0.3 is 9.64 Å². The summed E-state index contributed by atoms with van der Waals surface area (Å²) in [5, 5.41) is 8.41. The van der Waals surface area contributed by atoms with E-state index in [4.69, 9.17) is 10.00 Å². The van der Waals surface area contributed by atoms with Gasteiger partial charge in [0.2, 0.25) is 0 Å². The Kier molecular flexibility index (Phi) is 4.34. The number of hydrogen-bond acceptors (Lipinski definition) is 3.